The van der Waals surface area contributed by atoms with Crippen LogP contribution < -0.4 is 19.5 Å². The van der Waals surface area contributed by atoms with Gasteiger partial charge in [-0.1, -0.05) is 6.07 Å². The summed E-state index contributed by atoms with van der Waals surface area (Å²) in [7, 11) is 0. The molecule has 1 heterocycles. The second-order valence-corrected chi connectivity index (χ2v) is 9.70. The molecule has 0 saturated heterocycles. The number of aromatic nitrogens is 1. The summed E-state index contributed by atoms with van der Waals surface area (Å²) in [6, 6.07) is 14.8. The van der Waals surface area contributed by atoms with Gasteiger partial charge in [-0.15, -0.1) is 0 Å². The standard InChI is InChI=1S/C27H32N2O6/c1-18(29-26(30)35-27(2,3)4)16-32-24-15-28-25(34-24)20-10-12-21(13-11-20)33-23-7-5-6-22(14-23)31-17-19-8-9-19/h5-7,10-15,18-19H,8-9,16-17H2,1-4H3,(H,29,30)/t18-/m0/s1. The van der Waals surface area contributed by atoms with E-state index in [9.17, 15) is 4.79 Å². The first-order valence-corrected chi connectivity index (χ1v) is 11.8. The highest BCUT2D eigenvalue weighted by atomic mass is 16.6. The average Bonchev–Trinajstić information content (AvgIpc) is 3.51. The van der Waals surface area contributed by atoms with Gasteiger partial charge in [0, 0.05) is 11.6 Å². The molecule has 35 heavy (non-hydrogen) atoms. The number of benzene rings is 2. The Bertz CT molecular complexity index is 1120. The first-order valence-electron chi connectivity index (χ1n) is 11.8. The van der Waals surface area contributed by atoms with Gasteiger partial charge in [0.25, 0.3) is 0 Å². The average molecular weight is 481 g/mol. The number of hydrogen-bond donors (Lipinski definition) is 1. The number of nitrogens with one attached hydrogen (secondary N) is 1. The minimum Gasteiger partial charge on any atom is -0.493 e. The van der Waals surface area contributed by atoms with E-state index in [1.165, 1.54) is 19.0 Å². The molecule has 3 aromatic rings. The summed E-state index contributed by atoms with van der Waals surface area (Å²) >= 11 is 0. The van der Waals surface area contributed by atoms with Gasteiger partial charge in [-0.25, -0.2) is 9.78 Å². The van der Waals surface area contributed by atoms with Crippen molar-refractivity contribution in [3.63, 3.8) is 0 Å². The fourth-order valence-electron chi connectivity index (χ4n) is 3.14. The molecule has 0 bridgehead atoms. The minimum absolute atomic E-state index is 0.212. The molecule has 8 nitrogen and oxygen atoms in total. The highest BCUT2D eigenvalue weighted by molar-refractivity contribution is 5.68. The molecule has 0 radical (unpaired) electrons. The number of oxazole rings is 1. The van der Waals surface area contributed by atoms with Crippen LogP contribution in [0.2, 0.25) is 0 Å². The van der Waals surface area contributed by atoms with Crippen LogP contribution in [-0.4, -0.2) is 35.9 Å². The first-order chi connectivity index (χ1) is 16.7. The van der Waals surface area contributed by atoms with E-state index in [0.717, 1.165) is 17.9 Å². The van der Waals surface area contributed by atoms with Crippen LogP contribution in [0.3, 0.4) is 0 Å². The van der Waals surface area contributed by atoms with Crippen LogP contribution >= 0.6 is 0 Å². The Kier molecular flexibility index (Phi) is 7.48. The third-order valence-corrected chi connectivity index (χ3v) is 5.05. The van der Waals surface area contributed by atoms with Crippen LogP contribution in [0.4, 0.5) is 4.79 Å². The Morgan fingerprint density at radius 2 is 1.83 bits per heavy atom. The van der Waals surface area contributed by atoms with Crippen molar-refractivity contribution in [2.75, 3.05) is 13.2 Å². The van der Waals surface area contributed by atoms with Crippen molar-refractivity contribution in [1.29, 1.82) is 0 Å². The van der Waals surface area contributed by atoms with Gasteiger partial charge < -0.3 is 28.7 Å². The van der Waals surface area contributed by atoms with E-state index in [1.54, 1.807) is 0 Å². The van der Waals surface area contributed by atoms with Crippen molar-refractivity contribution in [3.05, 3.63) is 54.7 Å². The Balaban J connectivity index is 1.27. The van der Waals surface area contributed by atoms with Crippen molar-refractivity contribution >= 4 is 6.09 Å². The van der Waals surface area contributed by atoms with Crippen LogP contribution in [-0.2, 0) is 4.74 Å². The smallest absolute Gasteiger partial charge is 0.407 e. The summed E-state index contributed by atoms with van der Waals surface area (Å²) in [4.78, 5) is 16.1. The number of nitrogens with zero attached hydrogens (tertiary/aromatic N) is 1. The Morgan fingerprint density at radius 1 is 1.09 bits per heavy atom. The summed E-state index contributed by atoms with van der Waals surface area (Å²) in [6.45, 7) is 8.22. The summed E-state index contributed by atoms with van der Waals surface area (Å²) in [6.07, 6.45) is 3.52. The molecular weight excluding hydrogens is 448 g/mol. The number of carbonyl (C=O) groups excluding carboxylic acids is 1. The zero-order valence-electron chi connectivity index (χ0n) is 20.6. The lowest BCUT2D eigenvalue weighted by molar-refractivity contribution is 0.0489. The maximum Gasteiger partial charge on any atom is 0.407 e. The van der Waals surface area contributed by atoms with E-state index >= 15 is 0 Å². The van der Waals surface area contributed by atoms with Crippen LogP contribution in [0.1, 0.15) is 40.5 Å². The van der Waals surface area contributed by atoms with E-state index in [0.29, 0.717) is 23.3 Å². The third kappa shape index (κ3) is 7.95. The van der Waals surface area contributed by atoms with Crippen molar-refractivity contribution in [1.82, 2.24) is 10.3 Å². The Labute approximate surface area is 205 Å². The number of carbonyl (C=O) groups is 1. The van der Waals surface area contributed by atoms with Gasteiger partial charge in [-0.05, 0) is 82.9 Å². The van der Waals surface area contributed by atoms with E-state index in [-0.39, 0.29) is 18.6 Å². The number of hydrogen-bond acceptors (Lipinski definition) is 7. The van der Waals surface area contributed by atoms with Gasteiger partial charge in [0.05, 0.1) is 12.6 Å². The quantitative estimate of drug-likeness (QED) is 0.368. The lowest BCUT2D eigenvalue weighted by Crippen LogP contribution is -2.40. The molecule has 1 atom stereocenters. The van der Waals surface area contributed by atoms with E-state index < -0.39 is 11.7 Å². The minimum atomic E-state index is -0.556. The number of ether oxygens (including phenoxy) is 4. The van der Waals surface area contributed by atoms with Gasteiger partial charge in [-0.2, -0.15) is 0 Å². The van der Waals surface area contributed by atoms with Crippen molar-refractivity contribution < 1.29 is 28.2 Å². The third-order valence-electron chi connectivity index (χ3n) is 5.05. The molecule has 1 N–H and O–H groups in total. The van der Waals surface area contributed by atoms with Crippen molar-refractivity contribution in [2.45, 2.75) is 52.2 Å². The van der Waals surface area contributed by atoms with Gasteiger partial charge >= 0.3 is 12.0 Å². The van der Waals surface area contributed by atoms with Gasteiger partial charge in [0.1, 0.15) is 35.7 Å². The van der Waals surface area contributed by atoms with Crippen LogP contribution in [0.5, 0.6) is 23.2 Å². The summed E-state index contributed by atoms with van der Waals surface area (Å²) in [5.74, 6) is 3.61. The number of rotatable bonds is 10. The fraction of sp³-hybridized carbons (Fsp3) is 0.407. The molecule has 0 spiro atoms. The van der Waals surface area contributed by atoms with Crippen LogP contribution in [0.25, 0.3) is 11.5 Å². The molecule has 4 rings (SSSR count). The van der Waals surface area contributed by atoms with E-state index in [4.69, 9.17) is 23.4 Å². The maximum absolute atomic E-state index is 11.8. The monoisotopic (exact) mass is 480 g/mol. The Hall–Kier alpha value is -3.68. The van der Waals surface area contributed by atoms with E-state index in [2.05, 4.69) is 10.3 Å². The summed E-state index contributed by atoms with van der Waals surface area (Å²) in [5.41, 5.74) is 0.229. The topological polar surface area (TPSA) is 92.0 Å². The molecule has 2 aromatic carbocycles. The molecule has 1 fully saturated rings. The normalized spacial score (nSPS) is 14.2. The lowest BCUT2D eigenvalue weighted by atomic mass is 10.2. The molecule has 1 aromatic heterocycles. The Morgan fingerprint density at radius 3 is 2.54 bits per heavy atom. The molecular formula is C27H32N2O6. The lowest BCUT2D eigenvalue weighted by Gasteiger charge is -2.21. The summed E-state index contributed by atoms with van der Waals surface area (Å²) < 4.78 is 28.3. The second kappa shape index (κ2) is 10.7. The molecule has 0 unspecified atom stereocenters. The zero-order valence-corrected chi connectivity index (χ0v) is 20.6. The molecule has 8 heteroatoms. The molecule has 0 aliphatic heterocycles. The van der Waals surface area contributed by atoms with Gasteiger partial charge in [-0.3, -0.25) is 0 Å². The first kappa shape index (κ1) is 24.4. The molecule has 1 saturated carbocycles. The van der Waals surface area contributed by atoms with Crippen molar-refractivity contribution in [3.8, 4) is 34.6 Å². The number of amides is 1. The molecule has 186 valence electrons. The van der Waals surface area contributed by atoms with E-state index in [1.807, 2.05) is 76.2 Å². The van der Waals surface area contributed by atoms with Crippen LogP contribution in [0.15, 0.2) is 59.1 Å². The highest BCUT2D eigenvalue weighted by Gasteiger charge is 2.22. The SMILES string of the molecule is C[C@@H](COc1cnc(-c2ccc(Oc3cccc(OCC4CC4)c3)cc2)o1)NC(=O)OC(C)(C)C. The van der Waals surface area contributed by atoms with Crippen LogP contribution in [0, 0.1) is 5.92 Å². The predicted molar refractivity (Wildman–Crippen MR) is 131 cm³/mol. The fourth-order valence-corrected chi connectivity index (χ4v) is 3.14. The second-order valence-electron chi connectivity index (χ2n) is 9.70. The van der Waals surface area contributed by atoms with Crippen molar-refractivity contribution in [2.24, 2.45) is 5.92 Å². The molecule has 1 aliphatic carbocycles. The maximum atomic E-state index is 11.8. The predicted octanol–water partition coefficient (Wildman–Crippen LogP) is 6.21. The summed E-state index contributed by atoms with van der Waals surface area (Å²) in [5, 5.41) is 2.72. The molecule has 1 aliphatic rings. The highest BCUT2D eigenvalue weighted by Crippen LogP contribution is 2.31. The molecule has 1 amide bonds. The van der Waals surface area contributed by atoms with Gasteiger partial charge in [0.2, 0.25) is 5.89 Å². The number of alkyl carbamates (subject to hydrolysis) is 1. The van der Waals surface area contributed by atoms with Gasteiger partial charge in [0.15, 0.2) is 0 Å². The largest absolute Gasteiger partial charge is 0.493 e. The zero-order chi connectivity index (χ0) is 24.8.